The Hall–Kier alpha value is 0.480. The highest BCUT2D eigenvalue weighted by Crippen LogP contribution is 2.21. The van der Waals surface area contributed by atoms with Crippen molar-refractivity contribution in [2.45, 2.75) is 25.6 Å². The van der Waals surface area contributed by atoms with Crippen molar-refractivity contribution in [2.75, 3.05) is 11.0 Å². The maximum atomic E-state index is 12.0. The molecule has 1 nitrogen and oxygen atoms in total. The third-order valence-corrected chi connectivity index (χ3v) is 2.07. The molecule has 0 rings (SSSR count). The molecule has 0 aliphatic rings. The fourth-order valence-corrected chi connectivity index (χ4v) is 1.39. The Morgan fingerprint density at radius 2 is 2.00 bits per heavy atom. The number of halogens is 4. The molecule has 0 saturated heterocycles. The lowest BCUT2D eigenvalue weighted by atomic mass is 10.3. The lowest BCUT2D eigenvalue weighted by molar-refractivity contribution is -0.149. The predicted octanol–water partition coefficient (Wildman–Crippen LogP) is 2.35. The number of alkyl halides is 4. The van der Waals surface area contributed by atoms with E-state index in [2.05, 4.69) is 5.32 Å². The molecule has 11 heavy (non-hydrogen) atoms. The summed E-state index contributed by atoms with van der Waals surface area (Å²) in [6.07, 6.45) is -3.38. The van der Waals surface area contributed by atoms with Crippen LogP contribution in [0.15, 0.2) is 0 Å². The molecule has 0 amide bonds. The summed E-state index contributed by atoms with van der Waals surface area (Å²) in [5.41, 5.74) is 0. The van der Waals surface area contributed by atoms with E-state index < -0.39 is 12.2 Å². The summed E-state index contributed by atoms with van der Waals surface area (Å²) in [5.74, 6) is 0. The fraction of sp³-hybridized carbons (Fsp3) is 1.00. The first-order valence-electron chi connectivity index (χ1n) is 3.38. The van der Waals surface area contributed by atoms with E-state index in [1.165, 1.54) is 0 Å². The van der Waals surface area contributed by atoms with Crippen LogP contribution in [0.5, 0.6) is 0 Å². The topological polar surface area (TPSA) is 12.0 Å². The van der Waals surface area contributed by atoms with Crippen LogP contribution in [-0.2, 0) is 0 Å². The zero-order valence-electron chi connectivity index (χ0n) is 6.21. The first kappa shape index (κ1) is 11.5. The van der Waals surface area contributed by atoms with E-state index >= 15 is 0 Å². The van der Waals surface area contributed by atoms with Crippen molar-refractivity contribution >= 4 is 22.6 Å². The maximum absolute atomic E-state index is 12.0. The van der Waals surface area contributed by atoms with Gasteiger partial charge in [0.2, 0.25) is 0 Å². The van der Waals surface area contributed by atoms with E-state index in [9.17, 15) is 13.2 Å². The number of rotatable bonds is 4. The summed E-state index contributed by atoms with van der Waals surface area (Å²) < 4.78 is 36.0. The number of nitrogens with one attached hydrogen (secondary N) is 1. The fourth-order valence-electron chi connectivity index (χ4n) is 0.576. The lowest BCUT2D eigenvalue weighted by Crippen LogP contribution is -2.43. The standard InChI is InChI=1S/C6H11F3IN/c1-2-3-11-5(4-10)6(7,8)9/h5,11H,2-4H2,1H3/t5-/m1/s1. The Morgan fingerprint density at radius 1 is 1.45 bits per heavy atom. The molecule has 0 bridgehead atoms. The van der Waals surface area contributed by atoms with Crippen LogP contribution in [0.2, 0.25) is 0 Å². The van der Waals surface area contributed by atoms with Gasteiger partial charge in [-0.3, -0.25) is 0 Å². The largest absolute Gasteiger partial charge is 0.404 e. The summed E-state index contributed by atoms with van der Waals surface area (Å²) in [4.78, 5) is 0. The molecule has 0 aromatic carbocycles. The van der Waals surface area contributed by atoms with Crippen LogP contribution in [-0.4, -0.2) is 23.2 Å². The highest BCUT2D eigenvalue weighted by molar-refractivity contribution is 14.1. The van der Waals surface area contributed by atoms with Gasteiger partial charge >= 0.3 is 6.18 Å². The Labute approximate surface area is 77.9 Å². The van der Waals surface area contributed by atoms with E-state index in [4.69, 9.17) is 0 Å². The van der Waals surface area contributed by atoms with Gasteiger partial charge in [-0.05, 0) is 13.0 Å². The minimum Gasteiger partial charge on any atom is -0.306 e. The van der Waals surface area contributed by atoms with Gasteiger partial charge < -0.3 is 5.32 Å². The quantitative estimate of drug-likeness (QED) is 0.616. The van der Waals surface area contributed by atoms with Crippen LogP contribution >= 0.6 is 22.6 Å². The summed E-state index contributed by atoms with van der Waals surface area (Å²) >= 11 is 1.73. The van der Waals surface area contributed by atoms with Gasteiger partial charge in [0, 0.05) is 4.43 Å². The molecular formula is C6H11F3IN. The highest BCUT2D eigenvalue weighted by atomic mass is 127. The average molecular weight is 281 g/mol. The minimum absolute atomic E-state index is 0.0707. The summed E-state index contributed by atoms with van der Waals surface area (Å²) in [6, 6.07) is -1.34. The maximum Gasteiger partial charge on any atom is 0.404 e. The van der Waals surface area contributed by atoms with E-state index in [-0.39, 0.29) is 4.43 Å². The third-order valence-electron chi connectivity index (χ3n) is 1.19. The second kappa shape index (κ2) is 5.18. The van der Waals surface area contributed by atoms with Crippen molar-refractivity contribution in [1.29, 1.82) is 0 Å². The summed E-state index contributed by atoms with van der Waals surface area (Å²) in [5, 5.41) is 2.43. The molecule has 0 spiro atoms. The SMILES string of the molecule is CCCN[C@H](CI)C(F)(F)F. The van der Waals surface area contributed by atoms with Crippen molar-refractivity contribution < 1.29 is 13.2 Å². The van der Waals surface area contributed by atoms with Gasteiger partial charge in [-0.25, -0.2) is 0 Å². The lowest BCUT2D eigenvalue weighted by Gasteiger charge is -2.18. The first-order chi connectivity index (χ1) is 5.02. The van der Waals surface area contributed by atoms with Crippen molar-refractivity contribution in [3.63, 3.8) is 0 Å². The van der Waals surface area contributed by atoms with Crippen LogP contribution < -0.4 is 5.32 Å². The Bertz CT molecular complexity index is 104. The molecule has 0 aromatic heterocycles. The molecule has 68 valence electrons. The van der Waals surface area contributed by atoms with Crippen LogP contribution in [0.3, 0.4) is 0 Å². The Morgan fingerprint density at radius 3 is 2.27 bits per heavy atom. The van der Waals surface area contributed by atoms with Crippen LogP contribution in [0.4, 0.5) is 13.2 Å². The van der Waals surface area contributed by atoms with Crippen LogP contribution in [0.1, 0.15) is 13.3 Å². The molecule has 0 aromatic rings. The van der Waals surface area contributed by atoms with Crippen LogP contribution in [0.25, 0.3) is 0 Å². The van der Waals surface area contributed by atoms with E-state index in [0.717, 1.165) is 6.42 Å². The Kier molecular flexibility index (Phi) is 5.41. The molecule has 0 saturated carbocycles. The molecule has 0 heterocycles. The number of hydrogen-bond donors (Lipinski definition) is 1. The molecule has 0 radical (unpaired) electrons. The van der Waals surface area contributed by atoms with Gasteiger partial charge in [0.25, 0.3) is 0 Å². The molecule has 0 aliphatic heterocycles. The molecule has 0 fully saturated rings. The molecular weight excluding hydrogens is 270 g/mol. The van der Waals surface area contributed by atoms with Crippen LogP contribution in [0, 0.1) is 0 Å². The molecule has 0 aliphatic carbocycles. The van der Waals surface area contributed by atoms with Gasteiger partial charge in [-0.1, -0.05) is 29.5 Å². The smallest absolute Gasteiger partial charge is 0.306 e. The zero-order chi connectivity index (χ0) is 8.91. The first-order valence-corrected chi connectivity index (χ1v) is 4.91. The highest BCUT2D eigenvalue weighted by Gasteiger charge is 2.37. The second-order valence-electron chi connectivity index (χ2n) is 2.20. The molecule has 1 N–H and O–H groups in total. The predicted molar refractivity (Wildman–Crippen MR) is 47.0 cm³/mol. The van der Waals surface area contributed by atoms with Gasteiger partial charge in [0.05, 0.1) is 0 Å². The molecule has 5 heteroatoms. The monoisotopic (exact) mass is 281 g/mol. The van der Waals surface area contributed by atoms with Crippen molar-refractivity contribution in [3.8, 4) is 0 Å². The van der Waals surface area contributed by atoms with E-state index in [0.29, 0.717) is 6.54 Å². The van der Waals surface area contributed by atoms with Crippen molar-refractivity contribution in [1.82, 2.24) is 5.32 Å². The minimum atomic E-state index is -4.10. The molecule has 1 atom stereocenters. The van der Waals surface area contributed by atoms with Gasteiger partial charge in [0.1, 0.15) is 6.04 Å². The van der Waals surface area contributed by atoms with Gasteiger partial charge in [-0.2, -0.15) is 13.2 Å². The normalized spacial score (nSPS) is 15.0. The van der Waals surface area contributed by atoms with E-state index in [1.54, 1.807) is 22.6 Å². The van der Waals surface area contributed by atoms with Crippen molar-refractivity contribution in [2.24, 2.45) is 0 Å². The van der Waals surface area contributed by atoms with Gasteiger partial charge in [0.15, 0.2) is 0 Å². The average Bonchev–Trinajstić information content (AvgIpc) is 1.87. The third kappa shape index (κ3) is 4.84. The number of hydrogen-bond acceptors (Lipinski definition) is 1. The summed E-state index contributed by atoms with van der Waals surface area (Å²) in [7, 11) is 0. The Balaban J connectivity index is 3.76. The second-order valence-corrected chi connectivity index (χ2v) is 3.08. The van der Waals surface area contributed by atoms with Crippen molar-refractivity contribution in [3.05, 3.63) is 0 Å². The van der Waals surface area contributed by atoms with E-state index in [1.807, 2.05) is 6.92 Å². The zero-order valence-corrected chi connectivity index (χ0v) is 8.37. The summed E-state index contributed by atoms with van der Waals surface area (Å²) in [6.45, 7) is 2.26. The van der Waals surface area contributed by atoms with Gasteiger partial charge in [-0.15, -0.1) is 0 Å². The molecule has 0 unspecified atom stereocenters.